The van der Waals surface area contributed by atoms with E-state index in [0.717, 1.165) is 0 Å². The zero-order valence-electron chi connectivity index (χ0n) is 9.42. The molecule has 0 N–H and O–H groups in total. The summed E-state index contributed by atoms with van der Waals surface area (Å²) >= 11 is 0. The Kier molecular flexibility index (Phi) is 7.86. The summed E-state index contributed by atoms with van der Waals surface area (Å²) in [6, 6.07) is 8.23. The molecule has 0 aliphatic carbocycles. The van der Waals surface area contributed by atoms with Gasteiger partial charge in [-0.15, -0.1) is 6.58 Å². The molecule has 0 saturated heterocycles. The molecule has 0 fully saturated rings. The van der Waals surface area contributed by atoms with Crippen molar-refractivity contribution in [1.82, 2.24) is 0 Å². The number of ether oxygens (including phenoxy) is 1. The molecule has 1 heteroatoms. The van der Waals surface area contributed by atoms with Gasteiger partial charge >= 0.3 is 0 Å². The third kappa shape index (κ3) is 4.83. The lowest BCUT2D eigenvalue weighted by Gasteiger charge is -2.04. The lowest BCUT2D eigenvalue weighted by atomic mass is 10.1. The van der Waals surface area contributed by atoms with Gasteiger partial charge in [-0.05, 0) is 18.1 Å². The first-order chi connectivity index (χ1) is 6.84. The Morgan fingerprint density at radius 3 is 2.50 bits per heavy atom. The summed E-state index contributed by atoms with van der Waals surface area (Å²) in [5.74, 6) is 0. The summed E-state index contributed by atoms with van der Waals surface area (Å²) in [7, 11) is 0. The topological polar surface area (TPSA) is 9.23 Å². The van der Waals surface area contributed by atoms with Gasteiger partial charge in [-0.2, -0.15) is 0 Å². The Morgan fingerprint density at radius 1 is 1.29 bits per heavy atom. The first-order valence-electron chi connectivity index (χ1n) is 5.07. The fourth-order valence-corrected chi connectivity index (χ4v) is 1.02. The van der Waals surface area contributed by atoms with Crippen molar-refractivity contribution in [2.24, 2.45) is 0 Å². The van der Waals surface area contributed by atoms with Gasteiger partial charge in [-0.1, -0.05) is 44.2 Å². The minimum absolute atomic E-state index is 0.619. The van der Waals surface area contributed by atoms with E-state index in [1.165, 1.54) is 11.1 Å². The summed E-state index contributed by atoms with van der Waals surface area (Å²) in [6.07, 6.45) is 1.76. The van der Waals surface area contributed by atoms with Crippen LogP contribution >= 0.6 is 0 Å². The molecule has 1 nitrogen and oxygen atoms in total. The monoisotopic (exact) mass is 192 g/mol. The van der Waals surface area contributed by atoms with E-state index in [2.05, 4.69) is 25.6 Å². The quantitative estimate of drug-likeness (QED) is 0.522. The second-order valence-electron chi connectivity index (χ2n) is 2.73. The van der Waals surface area contributed by atoms with Crippen LogP contribution in [0, 0.1) is 6.92 Å². The Bertz CT molecular complexity index is 253. The van der Waals surface area contributed by atoms with E-state index < -0.39 is 0 Å². The lowest BCUT2D eigenvalue weighted by molar-refractivity contribution is 0.148. The van der Waals surface area contributed by atoms with Crippen molar-refractivity contribution in [1.29, 1.82) is 0 Å². The molecule has 1 aromatic carbocycles. The molecule has 0 heterocycles. The minimum Gasteiger partial charge on any atom is -0.373 e. The van der Waals surface area contributed by atoms with Crippen LogP contribution in [0.25, 0.3) is 0 Å². The molecule has 0 aliphatic heterocycles. The Morgan fingerprint density at radius 2 is 1.93 bits per heavy atom. The predicted molar refractivity (Wildman–Crippen MR) is 62.4 cm³/mol. The number of hydrogen-bond donors (Lipinski definition) is 0. The molecule has 0 radical (unpaired) electrons. The van der Waals surface area contributed by atoms with Crippen molar-refractivity contribution < 1.29 is 4.74 Å². The molecular formula is C13H20O. The minimum atomic E-state index is 0.619. The lowest BCUT2D eigenvalue weighted by Crippen LogP contribution is -1.94. The van der Waals surface area contributed by atoms with Crippen LogP contribution in [0.3, 0.4) is 0 Å². The summed E-state index contributed by atoms with van der Waals surface area (Å²) in [5.41, 5.74) is 2.53. The summed E-state index contributed by atoms with van der Waals surface area (Å²) in [6.45, 7) is 11.0. The first kappa shape index (κ1) is 12.9. The third-order valence-corrected chi connectivity index (χ3v) is 1.75. The van der Waals surface area contributed by atoms with Crippen molar-refractivity contribution >= 4 is 0 Å². The average Bonchev–Trinajstić information content (AvgIpc) is 2.24. The van der Waals surface area contributed by atoms with Gasteiger partial charge in [-0.3, -0.25) is 0 Å². The van der Waals surface area contributed by atoms with E-state index in [4.69, 9.17) is 4.74 Å². The van der Waals surface area contributed by atoms with Crippen molar-refractivity contribution in [3.05, 3.63) is 48.0 Å². The van der Waals surface area contributed by atoms with E-state index in [0.29, 0.717) is 13.2 Å². The molecule has 0 unspecified atom stereocenters. The van der Waals surface area contributed by atoms with Crippen LogP contribution in [0.5, 0.6) is 0 Å². The van der Waals surface area contributed by atoms with E-state index >= 15 is 0 Å². The zero-order chi connectivity index (χ0) is 10.8. The van der Waals surface area contributed by atoms with Gasteiger partial charge in [0, 0.05) is 0 Å². The molecule has 1 rings (SSSR count). The van der Waals surface area contributed by atoms with Crippen LogP contribution in [-0.2, 0) is 11.3 Å². The number of hydrogen-bond acceptors (Lipinski definition) is 1. The van der Waals surface area contributed by atoms with Gasteiger partial charge in [0.05, 0.1) is 13.2 Å². The molecule has 78 valence electrons. The van der Waals surface area contributed by atoms with Crippen molar-refractivity contribution in [3.63, 3.8) is 0 Å². The van der Waals surface area contributed by atoms with E-state index in [1.54, 1.807) is 6.08 Å². The van der Waals surface area contributed by atoms with Gasteiger partial charge in [0.1, 0.15) is 0 Å². The molecule has 0 atom stereocenters. The molecule has 0 spiro atoms. The highest BCUT2D eigenvalue weighted by atomic mass is 16.5. The van der Waals surface area contributed by atoms with Gasteiger partial charge in [0.25, 0.3) is 0 Å². The fourth-order valence-electron chi connectivity index (χ4n) is 1.02. The van der Waals surface area contributed by atoms with Gasteiger partial charge in [-0.25, -0.2) is 0 Å². The van der Waals surface area contributed by atoms with Crippen LogP contribution in [0.4, 0.5) is 0 Å². The molecule has 0 saturated carbocycles. The van der Waals surface area contributed by atoms with Crippen molar-refractivity contribution in [2.45, 2.75) is 27.4 Å². The molecule has 0 bridgehead atoms. The molecule has 0 aliphatic rings. The third-order valence-electron chi connectivity index (χ3n) is 1.75. The highest BCUT2D eigenvalue weighted by molar-refractivity contribution is 5.24. The molecule has 0 aromatic heterocycles. The largest absolute Gasteiger partial charge is 0.373 e. The molecule has 1 aromatic rings. The van der Waals surface area contributed by atoms with Crippen LogP contribution in [-0.4, -0.2) is 6.61 Å². The summed E-state index contributed by atoms with van der Waals surface area (Å²) in [5, 5.41) is 0. The zero-order valence-corrected chi connectivity index (χ0v) is 9.42. The molecular weight excluding hydrogens is 172 g/mol. The predicted octanol–water partition coefficient (Wildman–Crippen LogP) is 3.72. The Hall–Kier alpha value is -1.08. The Labute approximate surface area is 87.4 Å². The van der Waals surface area contributed by atoms with E-state index in [1.807, 2.05) is 26.0 Å². The van der Waals surface area contributed by atoms with Crippen molar-refractivity contribution in [3.8, 4) is 0 Å². The average molecular weight is 192 g/mol. The maximum atomic E-state index is 5.33. The second kappa shape index (κ2) is 8.52. The number of benzene rings is 1. The fraction of sp³-hybridized carbons (Fsp3) is 0.385. The van der Waals surface area contributed by atoms with Gasteiger partial charge in [0.15, 0.2) is 0 Å². The van der Waals surface area contributed by atoms with Crippen LogP contribution in [0.15, 0.2) is 36.9 Å². The summed E-state index contributed by atoms with van der Waals surface area (Å²) in [4.78, 5) is 0. The maximum absolute atomic E-state index is 5.33. The van der Waals surface area contributed by atoms with Crippen LogP contribution in [0.1, 0.15) is 25.0 Å². The van der Waals surface area contributed by atoms with E-state index in [9.17, 15) is 0 Å². The van der Waals surface area contributed by atoms with Crippen LogP contribution < -0.4 is 0 Å². The SMILES string of the molecule is C=CCOCc1ccccc1C.CC. The first-order valence-corrected chi connectivity index (χ1v) is 5.07. The standard InChI is InChI=1S/C11H14O.C2H6/c1-3-8-12-9-11-7-5-4-6-10(11)2;1-2/h3-7H,1,8-9H2,2H3;1-2H3. The normalized spacial score (nSPS) is 8.79. The smallest absolute Gasteiger partial charge is 0.0723 e. The Balaban J connectivity index is 0.000000791. The second-order valence-corrected chi connectivity index (χ2v) is 2.73. The number of aryl methyl sites for hydroxylation is 1. The van der Waals surface area contributed by atoms with Crippen LogP contribution in [0.2, 0.25) is 0 Å². The van der Waals surface area contributed by atoms with E-state index in [-0.39, 0.29) is 0 Å². The maximum Gasteiger partial charge on any atom is 0.0723 e. The van der Waals surface area contributed by atoms with Gasteiger partial charge in [0.2, 0.25) is 0 Å². The molecule has 14 heavy (non-hydrogen) atoms. The highest BCUT2D eigenvalue weighted by Gasteiger charge is 1.94. The summed E-state index contributed by atoms with van der Waals surface area (Å²) < 4.78 is 5.33. The number of rotatable bonds is 4. The van der Waals surface area contributed by atoms with Crippen molar-refractivity contribution in [2.75, 3.05) is 6.61 Å². The molecule has 0 amide bonds. The van der Waals surface area contributed by atoms with Gasteiger partial charge < -0.3 is 4.74 Å². The highest BCUT2D eigenvalue weighted by Crippen LogP contribution is 2.07.